The molecule has 1 aliphatic rings. The molecule has 21 heavy (non-hydrogen) atoms. The first-order chi connectivity index (χ1) is 10.1. The highest BCUT2D eigenvalue weighted by Crippen LogP contribution is 2.17. The lowest BCUT2D eigenvalue weighted by atomic mass is 10.2. The second-order valence-electron chi connectivity index (χ2n) is 4.73. The average Bonchev–Trinajstić information content (AvgIpc) is 2.94. The van der Waals surface area contributed by atoms with Crippen molar-refractivity contribution in [1.82, 2.24) is 5.32 Å². The molecule has 2 rings (SSSR count). The van der Waals surface area contributed by atoms with E-state index >= 15 is 0 Å². The van der Waals surface area contributed by atoms with E-state index in [0.717, 1.165) is 5.69 Å². The first kappa shape index (κ1) is 19.2. The minimum absolute atomic E-state index is 0.0359. The summed E-state index contributed by atoms with van der Waals surface area (Å²) in [6.45, 7) is 7.07. The Morgan fingerprint density at radius 3 is 1.90 bits per heavy atom. The molecule has 0 atom stereocenters. The second-order valence-corrected chi connectivity index (χ2v) is 4.73. The van der Waals surface area contributed by atoms with E-state index in [1.807, 2.05) is 44.2 Å². The van der Waals surface area contributed by atoms with E-state index in [4.69, 9.17) is 0 Å². The third-order valence-electron chi connectivity index (χ3n) is 2.86. The van der Waals surface area contributed by atoms with Gasteiger partial charge in [-0.3, -0.25) is 9.59 Å². The molecular weight excluding hydrogens is 264 g/mol. The van der Waals surface area contributed by atoms with E-state index < -0.39 is 0 Å². The second kappa shape index (κ2) is 11.9. The minimum atomic E-state index is -0.0359. The van der Waals surface area contributed by atoms with Crippen LogP contribution in [-0.2, 0) is 9.59 Å². The van der Waals surface area contributed by atoms with Crippen molar-refractivity contribution in [2.75, 3.05) is 5.32 Å². The van der Waals surface area contributed by atoms with Crippen molar-refractivity contribution in [3.05, 3.63) is 30.3 Å². The van der Waals surface area contributed by atoms with Crippen molar-refractivity contribution >= 4 is 17.5 Å². The number of benzene rings is 1. The molecule has 0 unspecified atom stereocenters. The van der Waals surface area contributed by atoms with Crippen LogP contribution in [0.25, 0.3) is 0 Å². The van der Waals surface area contributed by atoms with Crippen LogP contribution in [0.15, 0.2) is 30.3 Å². The molecule has 0 bridgehead atoms. The zero-order valence-electron chi connectivity index (χ0n) is 13.6. The van der Waals surface area contributed by atoms with Crippen molar-refractivity contribution in [3.63, 3.8) is 0 Å². The highest BCUT2D eigenvalue weighted by Gasteiger charge is 2.14. The van der Waals surface area contributed by atoms with E-state index in [-0.39, 0.29) is 11.8 Å². The molecule has 2 N–H and O–H groups in total. The largest absolute Gasteiger partial charge is 0.354 e. The summed E-state index contributed by atoms with van der Waals surface area (Å²) in [6, 6.07) is 9.85. The van der Waals surface area contributed by atoms with Gasteiger partial charge in [-0.2, -0.15) is 0 Å². The first-order valence-electron chi connectivity index (χ1n) is 7.67. The van der Waals surface area contributed by atoms with E-state index in [1.54, 1.807) is 6.92 Å². The van der Waals surface area contributed by atoms with Gasteiger partial charge in [0, 0.05) is 25.6 Å². The Balaban J connectivity index is 0.000000342. The number of hydrogen-bond donors (Lipinski definition) is 2. The molecule has 4 heteroatoms. The van der Waals surface area contributed by atoms with Crippen molar-refractivity contribution in [1.29, 1.82) is 0 Å². The Kier molecular flexibility index (Phi) is 10.9. The van der Waals surface area contributed by atoms with Crippen LogP contribution in [0, 0.1) is 0 Å². The maximum absolute atomic E-state index is 10.5. The molecule has 118 valence electrons. The van der Waals surface area contributed by atoms with Gasteiger partial charge >= 0.3 is 0 Å². The quantitative estimate of drug-likeness (QED) is 0.872. The number of carbonyl (C=O) groups is 2. The van der Waals surface area contributed by atoms with Gasteiger partial charge in [-0.15, -0.1) is 0 Å². The van der Waals surface area contributed by atoms with Crippen LogP contribution in [-0.4, -0.2) is 17.9 Å². The van der Waals surface area contributed by atoms with Crippen LogP contribution < -0.4 is 10.6 Å². The van der Waals surface area contributed by atoms with Crippen molar-refractivity contribution in [3.8, 4) is 0 Å². The third kappa shape index (κ3) is 10.6. The topological polar surface area (TPSA) is 58.2 Å². The summed E-state index contributed by atoms with van der Waals surface area (Å²) in [5, 5.41) is 5.57. The van der Waals surface area contributed by atoms with E-state index in [9.17, 15) is 9.59 Å². The Morgan fingerprint density at radius 2 is 1.48 bits per heavy atom. The standard InChI is InChI=1S/C8H9NO.C7H13NO.C2H6/c1-7(10)9-8-5-3-2-4-6-8;1-6(9)8-7-4-2-3-5-7;1-2/h2-6H,1H3,(H,9,10);7H,2-5H2,1H3,(H,8,9);1-2H3. The number of carbonyl (C=O) groups excluding carboxylic acids is 2. The van der Waals surface area contributed by atoms with E-state index in [2.05, 4.69) is 10.6 Å². The van der Waals surface area contributed by atoms with Gasteiger partial charge in [0.05, 0.1) is 0 Å². The lowest BCUT2D eigenvalue weighted by Crippen LogP contribution is -2.30. The smallest absolute Gasteiger partial charge is 0.221 e. The summed E-state index contributed by atoms with van der Waals surface area (Å²) in [5.41, 5.74) is 0.843. The molecule has 0 spiro atoms. The zero-order chi connectivity index (χ0) is 16.1. The molecule has 0 saturated heterocycles. The number of anilines is 1. The Morgan fingerprint density at radius 1 is 0.952 bits per heavy atom. The van der Waals surface area contributed by atoms with E-state index in [0.29, 0.717) is 6.04 Å². The molecule has 0 aliphatic heterocycles. The minimum Gasteiger partial charge on any atom is -0.354 e. The fraction of sp³-hybridized carbons (Fsp3) is 0.529. The molecule has 0 heterocycles. The van der Waals surface area contributed by atoms with Crippen LogP contribution in [0.4, 0.5) is 5.69 Å². The number of hydrogen-bond acceptors (Lipinski definition) is 2. The average molecular weight is 292 g/mol. The third-order valence-corrected chi connectivity index (χ3v) is 2.86. The fourth-order valence-electron chi connectivity index (χ4n) is 2.08. The predicted octanol–water partition coefficient (Wildman–Crippen LogP) is 3.74. The molecule has 1 aliphatic carbocycles. The summed E-state index contributed by atoms with van der Waals surface area (Å²) < 4.78 is 0. The van der Waals surface area contributed by atoms with Crippen LogP contribution in [0.3, 0.4) is 0 Å². The lowest BCUT2D eigenvalue weighted by molar-refractivity contribution is -0.119. The first-order valence-corrected chi connectivity index (χ1v) is 7.67. The summed E-state index contributed by atoms with van der Waals surface area (Å²) in [5.74, 6) is 0.0769. The summed E-state index contributed by atoms with van der Waals surface area (Å²) in [6.07, 6.45) is 4.93. The summed E-state index contributed by atoms with van der Waals surface area (Å²) in [7, 11) is 0. The fourth-order valence-corrected chi connectivity index (χ4v) is 2.08. The Labute approximate surface area is 128 Å². The Bertz CT molecular complexity index is 399. The molecule has 1 saturated carbocycles. The number of para-hydroxylation sites is 1. The summed E-state index contributed by atoms with van der Waals surface area (Å²) in [4.78, 5) is 21.0. The molecular formula is C17H28N2O2. The summed E-state index contributed by atoms with van der Waals surface area (Å²) >= 11 is 0. The highest BCUT2D eigenvalue weighted by atomic mass is 16.2. The van der Waals surface area contributed by atoms with Gasteiger partial charge in [0.15, 0.2) is 0 Å². The van der Waals surface area contributed by atoms with Crippen LogP contribution in [0.1, 0.15) is 53.4 Å². The van der Waals surface area contributed by atoms with Crippen LogP contribution in [0.2, 0.25) is 0 Å². The van der Waals surface area contributed by atoms with Crippen LogP contribution in [0.5, 0.6) is 0 Å². The highest BCUT2D eigenvalue weighted by molar-refractivity contribution is 5.88. The molecule has 0 radical (unpaired) electrons. The molecule has 0 aromatic heterocycles. The molecule has 4 nitrogen and oxygen atoms in total. The van der Waals surface area contributed by atoms with Crippen molar-refractivity contribution < 1.29 is 9.59 Å². The number of nitrogens with one attached hydrogen (secondary N) is 2. The molecule has 1 fully saturated rings. The van der Waals surface area contributed by atoms with Gasteiger partial charge < -0.3 is 10.6 Å². The van der Waals surface area contributed by atoms with Gasteiger partial charge in [0.2, 0.25) is 11.8 Å². The van der Waals surface area contributed by atoms with Gasteiger partial charge in [-0.25, -0.2) is 0 Å². The number of amides is 2. The maximum Gasteiger partial charge on any atom is 0.221 e. The Hall–Kier alpha value is -1.84. The molecule has 2 amide bonds. The lowest BCUT2D eigenvalue weighted by Gasteiger charge is -2.07. The SMILES string of the molecule is CC.CC(=O)NC1CCCC1.CC(=O)Nc1ccccc1. The van der Waals surface area contributed by atoms with Crippen molar-refractivity contribution in [2.45, 2.75) is 59.4 Å². The zero-order valence-corrected chi connectivity index (χ0v) is 13.6. The van der Waals surface area contributed by atoms with E-state index in [1.165, 1.54) is 32.6 Å². The number of rotatable bonds is 2. The van der Waals surface area contributed by atoms with Gasteiger partial charge in [-0.1, -0.05) is 44.9 Å². The van der Waals surface area contributed by atoms with Crippen molar-refractivity contribution in [2.24, 2.45) is 0 Å². The molecule has 1 aromatic carbocycles. The molecule has 1 aromatic rings. The van der Waals surface area contributed by atoms with Crippen LogP contribution >= 0.6 is 0 Å². The predicted molar refractivity (Wildman–Crippen MR) is 88.2 cm³/mol. The normalized spacial score (nSPS) is 13.1. The maximum atomic E-state index is 10.5. The van der Waals surface area contributed by atoms with Gasteiger partial charge in [0.1, 0.15) is 0 Å². The van der Waals surface area contributed by atoms with Gasteiger partial charge in [0.25, 0.3) is 0 Å². The monoisotopic (exact) mass is 292 g/mol. The van der Waals surface area contributed by atoms with Gasteiger partial charge in [-0.05, 0) is 25.0 Å².